The summed E-state index contributed by atoms with van der Waals surface area (Å²) in [5, 5.41) is 2.79. The Morgan fingerprint density at radius 3 is 2.58 bits per heavy atom. The van der Waals surface area contributed by atoms with Crippen LogP contribution in [0.2, 0.25) is 0 Å². The fourth-order valence-corrected chi connectivity index (χ4v) is 2.76. The van der Waals surface area contributed by atoms with Crippen LogP contribution in [0.25, 0.3) is 11.1 Å². The van der Waals surface area contributed by atoms with E-state index in [1.807, 2.05) is 6.92 Å². The Bertz CT molecular complexity index is 1000. The van der Waals surface area contributed by atoms with Gasteiger partial charge in [0.25, 0.3) is 5.91 Å². The number of benzene rings is 2. The van der Waals surface area contributed by atoms with E-state index in [1.54, 1.807) is 41.0 Å². The summed E-state index contributed by atoms with van der Waals surface area (Å²) in [6.07, 6.45) is 0.826. The molecule has 7 nitrogen and oxygen atoms in total. The summed E-state index contributed by atoms with van der Waals surface area (Å²) in [6.45, 7) is 2.58. The first-order valence-electron chi connectivity index (χ1n) is 8.24. The summed E-state index contributed by atoms with van der Waals surface area (Å²) in [6, 6.07) is 10.1. The molecule has 0 saturated carbocycles. The van der Waals surface area contributed by atoms with Crippen LogP contribution in [0.3, 0.4) is 0 Å². The molecule has 0 aliphatic rings. The number of carbonyl (C=O) groups excluding carboxylic acids is 1. The lowest BCUT2D eigenvalue weighted by molar-refractivity contribution is 0.102. The fourth-order valence-electron chi connectivity index (χ4n) is 2.76. The summed E-state index contributed by atoms with van der Waals surface area (Å²) >= 11 is 0. The zero-order valence-corrected chi connectivity index (χ0v) is 14.9. The standard InChI is InChI=1S/C19H20N2O5/c1-4-9-21-14-7-6-13(11-16(14)26-19(21)23)20-18(22)12-5-8-15(24-2)17(10-12)25-3/h5-8,10-11H,4,9H2,1-3H3,(H,20,22). The van der Waals surface area contributed by atoms with Crippen molar-refractivity contribution in [2.24, 2.45) is 0 Å². The minimum absolute atomic E-state index is 0.305. The van der Waals surface area contributed by atoms with Crippen LogP contribution in [0.5, 0.6) is 11.5 Å². The number of rotatable bonds is 6. The molecule has 2 aromatic carbocycles. The van der Waals surface area contributed by atoms with Gasteiger partial charge in [-0.25, -0.2) is 4.79 Å². The Morgan fingerprint density at radius 1 is 1.12 bits per heavy atom. The van der Waals surface area contributed by atoms with E-state index < -0.39 is 5.76 Å². The second kappa shape index (κ2) is 7.35. The van der Waals surface area contributed by atoms with Crippen LogP contribution in [-0.2, 0) is 6.54 Å². The van der Waals surface area contributed by atoms with Crippen molar-refractivity contribution in [3.63, 3.8) is 0 Å². The Hall–Kier alpha value is -3.22. The predicted octanol–water partition coefficient (Wildman–Crippen LogP) is 3.27. The number of fused-ring (bicyclic) bond motifs is 1. The Balaban J connectivity index is 1.86. The number of carbonyl (C=O) groups is 1. The molecule has 3 aromatic rings. The highest BCUT2D eigenvalue weighted by atomic mass is 16.5. The lowest BCUT2D eigenvalue weighted by atomic mass is 10.1. The van der Waals surface area contributed by atoms with Crippen molar-refractivity contribution in [3.05, 3.63) is 52.5 Å². The highest BCUT2D eigenvalue weighted by Crippen LogP contribution is 2.28. The van der Waals surface area contributed by atoms with E-state index in [0.717, 1.165) is 6.42 Å². The molecule has 0 aliphatic carbocycles. The topological polar surface area (TPSA) is 82.7 Å². The molecule has 136 valence electrons. The highest BCUT2D eigenvalue weighted by Gasteiger charge is 2.13. The summed E-state index contributed by atoms with van der Waals surface area (Å²) in [5.41, 5.74) is 2.11. The second-order valence-corrected chi connectivity index (χ2v) is 5.73. The van der Waals surface area contributed by atoms with E-state index in [0.29, 0.717) is 40.4 Å². The van der Waals surface area contributed by atoms with Gasteiger partial charge in [0.05, 0.1) is 19.7 Å². The molecule has 3 rings (SSSR count). The molecular weight excluding hydrogens is 336 g/mol. The Labute approximate surface area is 150 Å². The van der Waals surface area contributed by atoms with Gasteiger partial charge in [-0.3, -0.25) is 9.36 Å². The third-order valence-corrected chi connectivity index (χ3v) is 4.02. The van der Waals surface area contributed by atoms with Gasteiger partial charge in [0, 0.05) is 23.9 Å². The van der Waals surface area contributed by atoms with E-state index in [2.05, 4.69) is 5.32 Å². The maximum Gasteiger partial charge on any atom is 0.419 e. The van der Waals surface area contributed by atoms with Gasteiger partial charge in [-0.2, -0.15) is 0 Å². The summed E-state index contributed by atoms with van der Waals surface area (Å²) in [7, 11) is 3.04. The molecule has 1 amide bonds. The number of amides is 1. The lowest BCUT2D eigenvalue weighted by Gasteiger charge is -2.10. The first-order chi connectivity index (χ1) is 12.6. The van der Waals surface area contributed by atoms with Gasteiger partial charge in [-0.15, -0.1) is 0 Å². The normalized spacial score (nSPS) is 10.7. The number of hydrogen-bond acceptors (Lipinski definition) is 5. The van der Waals surface area contributed by atoms with Crippen molar-refractivity contribution in [1.82, 2.24) is 4.57 Å². The van der Waals surface area contributed by atoms with Crippen molar-refractivity contribution < 1.29 is 18.7 Å². The molecule has 0 radical (unpaired) electrons. The van der Waals surface area contributed by atoms with Crippen LogP contribution in [0.1, 0.15) is 23.7 Å². The number of aromatic nitrogens is 1. The summed E-state index contributed by atoms with van der Waals surface area (Å²) < 4.78 is 17.2. The van der Waals surface area contributed by atoms with E-state index in [-0.39, 0.29) is 5.91 Å². The monoisotopic (exact) mass is 356 g/mol. The Morgan fingerprint density at radius 2 is 1.88 bits per heavy atom. The molecule has 0 spiro atoms. The minimum Gasteiger partial charge on any atom is -0.493 e. The maximum atomic E-state index is 12.5. The van der Waals surface area contributed by atoms with Crippen LogP contribution in [0, 0.1) is 0 Å². The molecular formula is C19H20N2O5. The summed E-state index contributed by atoms with van der Waals surface area (Å²) in [5.74, 6) is 0.314. The largest absolute Gasteiger partial charge is 0.493 e. The molecule has 0 bridgehead atoms. The lowest BCUT2D eigenvalue weighted by Crippen LogP contribution is -2.13. The number of anilines is 1. The first-order valence-corrected chi connectivity index (χ1v) is 8.24. The molecule has 1 heterocycles. The smallest absolute Gasteiger partial charge is 0.419 e. The Kier molecular flexibility index (Phi) is 4.97. The minimum atomic E-state index is -0.398. The quantitative estimate of drug-likeness (QED) is 0.733. The molecule has 0 atom stereocenters. The molecule has 0 unspecified atom stereocenters. The molecule has 26 heavy (non-hydrogen) atoms. The second-order valence-electron chi connectivity index (χ2n) is 5.73. The van der Waals surface area contributed by atoms with Gasteiger partial charge >= 0.3 is 5.76 Å². The van der Waals surface area contributed by atoms with Crippen LogP contribution < -0.4 is 20.5 Å². The number of hydrogen-bond donors (Lipinski definition) is 1. The highest BCUT2D eigenvalue weighted by molar-refractivity contribution is 6.05. The van der Waals surface area contributed by atoms with Crippen LogP contribution in [0.15, 0.2) is 45.6 Å². The first kappa shape index (κ1) is 17.6. The van der Waals surface area contributed by atoms with Gasteiger partial charge < -0.3 is 19.2 Å². The molecule has 0 saturated heterocycles. The number of methoxy groups -OCH3 is 2. The van der Waals surface area contributed by atoms with Crippen LogP contribution in [0.4, 0.5) is 5.69 Å². The van der Waals surface area contributed by atoms with E-state index in [9.17, 15) is 9.59 Å². The SMILES string of the molecule is CCCn1c(=O)oc2cc(NC(=O)c3ccc(OC)c(OC)c3)ccc21. The van der Waals surface area contributed by atoms with Crippen molar-refractivity contribution in [3.8, 4) is 11.5 Å². The van der Waals surface area contributed by atoms with E-state index >= 15 is 0 Å². The molecule has 0 aliphatic heterocycles. The molecule has 7 heteroatoms. The average molecular weight is 356 g/mol. The van der Waals surface area contributed by atoms with Crippen molar-refractivity contribution in [2.45, 2.75) is 19.9 Å². The van der Waals surface area contributed by atoms with Crippen molar-refractivity contribution >= 4 is 22.7 Å². The van der Waals surface area contributed by atoms with Gasteiger partial charge in [0.2, 0.25) is 0 Å². The van der Waals surface area contributed by atoms with Crippen LogP contribution >= 0.6 is 0 Å². The van der Waals surface area contributed by atoms with E-state index in [4.69, 9.17) is 13.9 Å². The van der Waals surface area contributed by atoms with Crippen molar-refractivity contribution in [2.75, 3.05) is 19.5 Å². The fraction of sp³-hybridized carbons (Fsp3) is 0.263. The van der Waals surface area contributed by atoms with Crippen molar-refractivity contribution in [1.29, 1.82) is 0 Å². The number of oxazole rings is 1. The van der Waals surface area contributed by atoms with Gasteiger partial charge in [0.1, 0.15) is 0 Å². The zero-order valence-electron chi connectivity index (χ0n) is 14.9. The third kappa shape index (κ3) is 3.28. The van der Waals surface area contributed by atoms with Gasteiger partial charge in [-0.1, -0.05) is 6.92 Å². The van der Waals surface area contributed by atoms with E-state index in [1.165, 1.54) is 14.2 Å². The zero-order chi connectivity index (χ0) is 18.7. The van der Waals surface area contributed by atoms with Gasteiger partial charge in [-0.05, 0) is 36.8 Å². The number of nitrogens with zero attached hydrogens (tertiary/aromatic N) is 1. The average Bonchev–Trinajstić information content (AvgIpc) is 2.96. The predicted molar refractivity (Wildman–Crippen MR) is 98.3 cm³/mol. The number of nitrogens with one attached hydrogen (secondary N) is 1. The number of aryl methyl sites for hydroxylation is 1. The molecule has 1 aromatic heterocycles. The van der Waals surface area contributed by atoms with Crippen LogP contribution in [-0.4, -0.2) is 24.7 Å². The molecule has 0 fully saturated rings. The maximum absolute atomic E-state index is 12.5. The molecule has 1 N–H and O–H groups in total. The van der Waals surface area contributed by atoms with Gasteiger partial charge in [0.15, 0.2) is 17.1 Å². The number of ether oxygens (including phenoxy) is 2. The summed E-state index contributed by atoms with van der Waals surface area (Å²) in [4.78, 5) is 24.4. The third-order valence-electron chi connectivity index (χ3n) is 4.02.